The molecule has 0 aliphatic rings. The van der Waals surface area contributed by atoms with Crippen LogP contribution in [-0.4, -0.2) is 45.9 Å². The molecule has 0 spiro atoms. The highest BCUT2D eigenvalue weighted by atomic mass is 16.5. The molecule has 0 amide bonds. The van der Waals surface area contributed by atoms with Crippen molar-refractivity contribution in [1.82, 2.24) is 10.6 Å². The lowest BCUT2D eigenvalue weighted by molar-refractivity contribution is 0.197. The molecule has 0 saturated carbocycles. The van der Waals surface area contributed by atoms with Gasteiger partial charge in [0.05, 0.1) is 6.54 Å². The SMILES string of the molecule is CCNC(=NCCCOC)NCCOc1cccc2ccccc12. The fraction of sp³-hybridized carbons (Fsp3) is 0.421. The van der Waals surface area contributed by atoms with Crippen LogP contribution in [0.1, 0.15) is 13.3 Å². The van der Waals surface area contributed by atoms with Crippen LogP contribution in [-0.2, 0) is 4.74 Å². The summed E-state index contributed by atoms with van der Waals surface area (Å²) in [6.07, 6.45) is 0.916. The third kappa shape index (κ3) is 5.74. The standard InChI is InChI=1S/C19H27N3O2/c1-3-20-19(21-12-7-14-23-2)22-13-15-24-18-11-6-9-16-8-4-5-10-17(16)18/h4-6,8-11H,3,7,12-15H2,1-2H3,(H2,20,21,22). The zero-order chi connectivity index (χ0) is 17.0. The lowest BCUT2D eigenvalue weighted by Crippen LogP contribution is -2.39. The number of nitrogens with zero attached hydrogens (tertiary/aromatic N) is 1. The number of aliphatic imine (C=N–C) groups is 1. The maximum absolute atomic E-state index is 5.93. The molecule has 0 fully saturated rings. The Labute approximate surface area is 144 Å². The molecule has 2 aromatic rings. The molecule has 0 aromatic heterocycles. The molecule has 5 nitrogen and oxygen atoms in total. The molecule has 5 heteroatoms. The van der Waals surface area contributed by atoms with Crippen molar-refractivity contribution in [2.45, 2.75) is 13.3 Å². The van der Waals surface area contributed by atoms with Crippen molar-refractivity contribution in [2.75, 3.05) is 40.0 Å². The minimum absolute atomic E-state index is 0.580. The van der Waals surface area contributed by atoms with E-state index in [9.17, 15) is 0 Å². The molecule has 2 aromatic carbocycles. The Balaban J connectivity index is 1.81. The minimum Gasteiger partial charge on any atom is -0.491 e. The van der Waals surface area contributed by atoms with Crippen molar-refractivity contribution >= 4 is 16.7 Å². The fourth-order valence-corrected chi connectivity index (χ4v) is 2.39. The molecule has 0 aliphatic heterocycles. The summed E-state index contributed by atoms with van der Waals surface area (Å²) < 4.78 is 11.0. The summed E-state index contributed by atoms with van der Waals surface area (Å²) in [5.41, 5.74) is 0. The van der Waals surface area contributed by atoms with Crippen LogP contribution in [0.15, 0.2) is 47.5 Å². The number of ether oxygens (including phenoxy) is 2. The second-order valence-corrected chi connectivity index (χ2v) is 5.36. The van der Waals surface area contributed by atoms with E-state index < -0.39 is 0 Å². The van der Waals surface area contributed by atoms with E-state index in [1.165, 1.54) is 5.39 Å². The van der Waals surface area contributed by atoms with E-state index in [2.05, 4.69) is 40.7 Å². The average Bonchev–Trinajstić information content (AvgIpc) is 2.62. The molecule has 0 unspecified atom stereocenters. The molecule has 0 bridgehead atoms. The lowest BCUT2D eigenvalue weighted by atomic mass is 10.1. The van der Waals surface area contributed by atoms with Crippen LogP contribution in [0, 0.1) is 0 Å². The van der Waals surface area contributed by atoms with Gasteiger partial charge in [0.25, 0.3) is 0 Å². The molecular formula is C19H27N3O2. The Hall–Kier alpha value is -2.27. The Morgan fingerprint density at radius 1 is 1.04 bits per heavy atom. The average molecular weight is 329 g/mol. The smallest absolute Gasteiger partial charge is 0.191 e. The largest absolute Gasteiger partial charge is 0.491 e. The van der Waals surface area contributed by atoms with Crippen LogP contribution in [0.4, 0.5) is 0 Å². The number of rotatable bonds is 9. The number of guanidine groups is 1. The van der Waals surface area contributed by atoms with E-state index in [-0.39, 0.29) is 0 Å². The van der Waals surface area contributed by atoms with Gasteiger partial charge in [-0.2, -0.15) is 0 Å². The van der Waals surface area contributed by atoms with Crippen molar-refractivity contribution < 1.29 is 9.47 Å². The molecule has 0 radical (unpaired) electrons. The number of hydrogen-bond acceptors (Lipinski definition) is 3. The van der Waals surface area contributed by atoms with Crippen LogP contribution in [0.2, 0.25) is 0 Å². The molecule has 2 rings (SSSR count). The van der Waals surface area contributed by atoms with Crippen LogP contribution < -0.4 is 15.4 Å². The van der Waals surface area contributed by atoms with Crippen LogP contribution in [0.5, 0.6) is 5.75 Å². The summed E-state index contributed by atoms with van der Waals surface area (Å²) in [5.74, 6) is 1.73. The lowest BCUT2D eigenvalue weighted by Gasteiger charge is -2.13. The van der Waals surface area contributed by atoms with Gasteiger partial charge in [-0.05, 0) is 24.8 Å². The van der Waals surface area contributed by atoms with Crippen LogP contribution >= 0.6 is 0 Å². The van der Waals surface area contributed by atoms with Gasteiger partial charge in [0, 0.05) is 32.2 Å². The highest BCUT2D eigenvalue weighted by molar-refractivity contribution is 5.88. The maximum Gasteiger partial charge on any atom is 0.191 e. The van der Waals surface area contributed by atoms with Crippen molar-refractivity contribution in [1.29, 1.82) is 0 Å². The van der Waals surface area contributed by atoms with Gasteiger partial charge < -0.3 is 20.1 Å². The molecule has 0 heterocycles. The molecular weight excluding hydrogens is 302 g/mol. The highest BCUT2D eigenvalue weighted by Gasteiger charge is 2.01. The first kappa shape index (κ1) is 18.1. The van der Waals surface area contributed by atoms with Gasteiger partial charge >= 0.3 is 0 Å². The van der Waals surface area contributed by atoms with Gasteiger partial charge in [-0.1, -0.05) is 36.4 Å². The number of methoxy groups -OCH3 is 1. The topological polar surface area (TPSA) is 54.9 Å². The van der Waals surface area contributed by atoms with E-state index in [0.717, 1.165) is 43.2 Å². The fourth-order valence-electron chi connectivity index (χ4n) is 2.39. The Morgan fingerprint density at radius 3 is 2.71 bits per heavy atom. The van der Waals surface area contributed by atoms with Gasteiger partial charge in [0.15, 0.2) is 5.96 Å². The first-order valence-corrected chi connectivity index (χ1v) is 8.47. The van der Waals surface area contributed by atoms with Gasteiger partial charge in [0.1, 0.15) is 12.4 Å². The quantitative estimate of drug-likeness (QED) is 0.422. The Kier molecular flexibility index (Phi) is 7.90. The molecule has 24 heavy (non-hydrogen) atoms. The molecule has 130 valence electrons. The Bertz CT molecular complexity index is 638. The highest BCUT2D eigenvalue weighted by Crippen LogP contribution is 2.24. The maximum atomic E-state index is 5.93. The van der Waals surface area contributed by atoms with Crippen molar-refractivity contribution in [2.24, 2.45) is 4.99 Å². The third-order valence-electron chi connectivity index (χ3n) is 3.52. The molecule has 0 aliphatic carbocycles. The molecule has 0 saturated heterocycles. The van der Waals surface area contributed by atoms with Crippen LogP contribution in [0.25, 0.3) is 10.8 Å². The van der Waals surface area contributed by atoms with Gasteiger partial charge in [-0.15, -0.1) is 0 Å². The van der Waals surface area contributed by atoms with Crippen molar-refractivity contribution in [3.8, 4) is 5.75 Å². The molecule has 0 atom stereocenters. The number of nitrogens with one attached hydrogen (secondary N) is 2. The normalized spacial score (nSPS) is 11.5. The second-order valence-electron chi connectivity index (χ2n) is 5.36. The summed E-state index contributed by atoms with van der Waals surface area (Å²) in [6.45, 7) is 5.63. The molecule has 2 N–H and O–H groups in total. The monoisotopic (exact) mass is 329 g/mol. The van der Waals surface area contributed by atoms with E-state index in [1.807, 2.05) is 24.3 Å². The third-order valence-corrected chi connectivity index (χ3v) is 3.52. The second kappa shape index (κ2) is 10.5. The summed E-state index contributed by atoms with van der Waals surface area (Å²) in [5, 5.41) is 8.85. The van der Waals surface area contributed by atoms with Crippen molar-refractivity contribution in [3.05, 3.63) is 42.5 Å². The summed E-state index contributed by atoms with van der Waals surface area (Å²) >= 11 is 0. The van der Waals surface area contributed by atoms with E-state index in [1.54, 1.807) is 7.11 Å². The predicted molar refractivity (Wildman–Crippen MR) is 99.9 cm³/mol. The summed E-state index contributed by atoms with van der Waals surface area (Å²) in [6, 6.07) is 14.4. The van der Waals surface area contributed by atoms with E-state index in [0.29, 0.717) is 13.2 Å². The number of hydrogen-bond donors (Lipinski definition) is 2. The zero-order valence-corrected chi connectivity index (χ0v) is 14.5. The van der Waals surface area contributed by atoms with Crippen molar-refractivity contribution in [3.63, 3.8) is 0 Å². The van der Waals surface area contributed by atoms with Gasteiger partial charge in [-0.3, -0.25) is 4.99 Å². The summed E-state index contributed by atoms with van der Waals surface area (Å²) in [7, 11) is 1.71. The summed E-state index contributed by atoms with van der Waals surface area (Å²) in [4.78, 5) is 4.50. The minimum atomic E-state index is 0.580. The predicted octanol–water partition coefficient (Wildman–Crippen LogP) is 2.81. The van der Waals surface area contributed by atoms with E-state index >= 15 is 0 Å². The Morgan fingerprint density at radius 2 is 1.88 bits per heavy atom. The van der Waals surface area contributed by atoms with Gasteiger partial charge in [0.2, 0.25) is 0 Å². The van der Waals surface area contributed by atoms with Gasteiger partial charge in [-0.25, -0.2) is 0 Å². The number of benzene rings is 2. The number of fused-ring (bicyclic) bond motifs is 1. The first-order chi connectivity index (χ1) is 11.8. The first-order valence-electron chi connectivity index (χ1n) is 8.47. The van der Waals surface area contributed by atoms with E-state index in [4.69, 9.17) is 9.47 Å². The van der Waals surface area contributed by atoms with Crippen LogP contribution in [0.3, 0.4) is 0 Å². The zero-order valence-electron chi connectivity index (χ0n) is 14.5.